The molecule has 0 aliphatic rings. The Morgan fingerprint density at radius 2 is 2.04 bits per heavy atom. The fraction of sp³-hybridized carbons (Fsp3) is 0.235. The summed E-state index contributed by atoms with van der Waals surface area (Å²) in [6.45, 7) is 2.13. The molecule has 2 heterocycles. The highest BCUT2D eigenvalue weighted by Gasteiger charge is 2.22. The minimum absolute atomic E-state index is 0.0552. The lowest BCUT2D eigenvalue weighted by Crippen LogP contribution is -2.17. The molecule has 3 rings (SSSR count). The Balaban J connectivity index is 2.28. The van der Waals surface area contributed by atoms with Crippen LogP contribution in [0.5, 0.6) is 0 Å². The number of halogens is 1. The van der Waals surface area contributed by atoms with E-state index in [1.165, 1.54) is 12.1 Å². The lowest BCUT2D eigenvalue weighted by atomic mass is 10.2. The van der Waals surface area contributed by atoms with Crippen molar-refractivity contribution in [2.45, 2.75) is 11.8 Å². The third kappa shape index (κ3) is 3.81. The maximum absolute atomic E-state index is 12.3. The lowest BCUT2D eigenvalue weighted by molar-refractivity contribution is 0.158. The summed E-state index contributed by atoms with van der Waals surface area (Å²) < 4.78 is 27.2. The average molecular weight is 452 g/mol. The zero-order valence-corrected chi connectivity index (χ0v) is 17.4. The predicted molar refractivity (Wildman–Crippen MR) is 107 cm³/mol. The van der Waals surface area contributed by atoms with Crippen LogP contribution in [0.1, 0.15) is 12.6 Å². The van der Waals surface area contributed by atoms with E-state index in [-0.39, 0.29) is 16.4 Å². The van der Waals surface area contributed by atoms with Crippen molar-refractivity contribution in [1.82, 2.24) is 14.5 Å². The minimum Gasteiger partial charge on any atom is -0.394 e. The number of rotatable bonds is 5. The standard InChI is InChI=1S/C17H18BrN5O3S/c1-4-26-22-16(19)11-6-8-14(27(3,24)25)15(20-11)17-21-12-9-10(18)5-7-13(12)23(17)2/h5-9H,4H2,1-3H3,(H2,19,22). The van der Waals surface area contributed by atoms with Crippen LogP contribution in [0, 0.1) is 0 Å². The van der Waals surface area contributed by atoms with Gasteiger partial charge in [-0.25, -0.2) is 18.4 Å². The summed E-state index contributed by atoms with van der Waals surface area (Å²) in [5.74, 6) is 0.467. The Morgan fingerprint density at radius 1 is 1.30 bits per heavy atom. The van der Waals surface area contributed by atoms with Crippen molar-refractivity contribution in [3.05, 3.63) is 40.5 Å². The summed E-state index contributed by atoms with van der Waals surface area (Å²) in [6.07, 6.45) is 1.13. The summed E-state index contributed by atoms with van der Waals surface area (Å²) >= 11 is 3.42. The molecule has 2 N–H and O–H groups in total. The van der Waals surface area contributed by atoms with Crippen molar-refractivity contribution in [1.29, 1.82) is 0 Å². The number of nitrogens with zero attached hydrogens (tertiary/aromatic N) is 4. The van der Waals surface area contributed by atoms with Gasteiger partial charge in [0.2, 0.25) is 0 Å². The largest absolute Gasteiger partial charge is 0.394 e. The SMILES string of the molecule is CCO/N=C(\N)c1ccc(S(C)(=O)=O)c(-c2nc3cc(Br)ccc3n2C)n1. The van der Waals surface area contributed by atoms with Gasteiger partial charge in [0.15, 0.2) is 21.5 Å². The highest BCUT2D eigenvalue weighted by atomic mass is 79.9. The maximum atomic E-state index is 12.3. The van der Waals surface area contributed by atoms with E-state index in [9.17, 15) is 8.42 Å². The van der Waals surface area contributed by atoms with Gasteiger partial charge in [0.1, 0.15) is 18.0 Å². The van der Waals surface area contributed by atoms with Crippen molar-refractivity contribution in [3.63, 3.8) is 0 Å². The molecule has 0 amide bonds. The van der Waals surface area contributed by atoms with E-state index in [1.54, 1.807) is 18.5 Å². The van der Waals surface area contributed by atoms with Crippen molar-refractivity contribution in [2.75, 3.05) is 12.9 Å². The molecular formula is C17H18BrN5O3S. The quantitative estimate of drug-likeness (QED) is 0.362. The van der Waals surface area contributed by atoms with Gasteiger partial charge in [-0.3, -0.25) is 0 Å². The Morgan fingerprint density at radius 3 is 2.70 bits per heavy atom. The molecule has 0 saturated carbocycles. The molecule has 10 heteroatoms. The van der Waals surface area contributed by atoms with Crippen LogP contribution in [0.15, 0.2) is 44.9 Å². The number of aryl methyl sites for hydroxylation is 1. The van der Waals surface area contributed by atoms with Gasteiger partial charge in [-0.05, 0) is 37.3 Å². The van der Waals surface area contributed by atoms with Crippen LogP contribution in [0.25, 0.3) is 22.6 Å². The number of sulfone groups is 1. The predicted octanol–water partition coefficient (Wildman–Crippen LogP) is 2.46. The summed E-state index contributed by atoms with van der Waals surface area (Å²) in [5, 5.41) is 3.77. The van der Waals surface area contributed by atoms with Crippen LogP contribution in [-0.4, -0.2) is 41.7 Å². The Kier molecular flexibility index (Phi) is 5.20. The molecule has 0 bridgehead atoms. The zero-order chi connectivity index (χ0) is 19.8. The van der Waals surface area contributed by atoms with Gasteiger partial charge < -0.3 is 15.1 Å². The first-order chi connectivity index (χ1) is 12.7. The van der Waals surface area contributed by atoms with Gasteiger partial charge in [-0.15, -0.1) is 0 Å². The highest BCUT2D eigenvalue weighted by molar-refractivity contribution is 9.10. The lowest BCUT2D eigenvalue weighted by Gasteiger charge is -2.09. The molecule has 8 nitrogen and oxygen atoms in total. The molecule has 0 spiro atoms. The van der Waals surface area contributed by atoms with Crippen LogP contribution >= 0.6 is 15.9 Å². The molecule has 0 saturated heterocycles. The van der Waals surface area contributed by atoms with Gasteiger partial charge in [0, 0.05) is 17.8 Å². The molecule has 0 aliphatic heterocycles. The van der Waals surface area contributed by atoms with Crippen LogP contribution in [0.4, 0.5) is 0 Å². The molecule has 27 heavy (non-hydrogen) atoms. The average Bonchev–Trinajstić information content (AvgIpc) is 2.94. The van der Waals surface area contributed by atoms with Gasteiger partial charge in [-0.2, -0.15) is 0 Å². The number of amidine groups is 1. The van der Waals surface area contributed by atoms with Crippen molar-refractivity contribution in [2.24, 2.45) is 17.9 Å². The van der Waals surface area contributed by atoms with Crippen molar-refractivity contribution < 1.29 is 13.3 Å². The Bertz CT molecular complexity index is 1150. The van der Waals surface area contributed by atoms with E-state index >= 15 is 0 Å². The van der Waals surface area contributed by atoms with E-state index in [4.69, 9.17) is 10.6 Å². The van der Waals surface area contributed by atoms with Crippen molar-refractivity contribution >= 4 is 42.6 Å². The van der Waals surface area contributed by atoms with Crippen LogP contribution in [0.2, 0.25) is 0 Å². The molecule has 1 aromatic carbocycles. The maximum Gasteiger partial charge on any atom is 0.188 e. The molecule has 2 aromatic heterocycles. The van der Waals surface area contributed by atoms with Gasteiger partial charge in [0.25, 0.3) is 0 Å². The topological polar surface area (TPSA) is 112 Å². The first-order valence-corrected chi connectivity index (χ1v) is 10.7. The van der Waals surface area contributed by atoms with Crippen LogP contribution < -0.4 is 5.73 Å². The molecule has 0 atom stereocenters. The first-order valence-electron chi connectivity index (χ1n) is 8.01. The Labute approximate surface area is 165 Å². The first kappa shape index (κ1) is 19.3. The molecule has 0 fully saturated rings. The number of fused-ring (bicyclic) bond motifs is 1. The molecule has 0 unspecified atom stereocenters. The van der Waals surface area contributed by atoms with Crippen LogP contribution in [0.3, 0.4) is 0 Å². The normalized spacial score (nSPS) is 12.5. The monoisotopic (exact) mass is 451 g/mol. The van der Waals surface area contributed by atoms with Gasteiger partial charge in [0.05, 0.1) is 15.9 Å². The fourth-order valence-electron chi connectivity index (χ4n) is 2.61. The molecule has 3 aromatic rings. The van der Waals surface area contributed by atoms with E-state index in [0.29, 0.717) is 23.6 Å². The van der Waals surface area contributed by atoms with Crippen LogP contribution in [-0.2, 0) is 21.7 Å². The minimum atomic E-state index is -3.54. The molecule has 0 radical (unpaired) electrons. The van der Waals surface area contributed by atoms with E-state index in [2.05, 4.69) is 31.1 Å². The Hall–Kier alpha value is -2.46. The van der Waals surface area contributed by atoms with E-state index in [0.717, 1.165) is 16.2 Å². The third-order valence-corrected chi connectivity index (χ3v) is 5.49. The zero-order valence-electron chi connectivity index (χ0n) is 15.0. The van der Waals surface area contributed by atoms with Crippen molar-refractivity contribution in [3.8, 4) is 11.5 Å². The summed E-state index contributed by atoms with van der Waals surface area (Å²) in [7, 11) is -1.74. The van der Waals surface area contributed by atoms with Gasteiger partial charge in [-0.1, -0.05) is 21.1 Å². The second-order valence-corrected chi connectivity index (χ2v) is 8.74. The number of pyridine rings is 1. The molecule has 142 valence electrons. The fourth-order valence-corrected chi connectivity index (χ4v) is 3.77. The second-order valence-electron chi connectivity index (χ2n) is 5.84. The smallest absolute Gasteiger partial charge is 0.188 e. The number of hydrogen-bond donors (Lipinski definition) is 1. The molecule has 0 aliphatic carbocycles. The number of aromatic nitrogens is 3. The van der Waals surface area contributed by atoms with E-state index < -0.39 is 9.84 Å². The number of hydrogen-bond acceptors (Lipinski definition) is 6. The van der Waals surface area contributed by atoms with Gasteiger partial charge >= 0.3 is 0 Å². The third-order valence-electron chi connectivity index (χ3n) is 3.87. The number of imidazole rings is 1. The number of benzene rings is 1. The molecular weight excluding hydrogens is 434 g/mol. The second kappa shape index (κ2) is 7.28. The summed E-state index contributed by atoms with van der Waals surface area (Å²) in [4.78, 5) is 14.0. The summed E-state index contributed by atoms with van der Waals surface area (Å²) in [5.41, 5.74) is 7.97. The summed E-state index contributed by atoms with van der Waals surface area (Å²) in [6, 6.07) is 8.59. The number of oxime groups is 1. The highest BCUT2D eigenvalue weighted by Crippen LogP contribution is 2.29. The number of nitrogens with two attached hydrogens (primary N) is 1. The van der Waals surface area contributed by atoms with E-state index in [1.807, 2.05) is 18.2 Å².